The van der Waals surface area contributed by atoms with Gasteiger partial charge < -0.3 is 5.32 Å². The highest BCUT2D eigenvalue weighted by Crippen LogP contribution is 2.39. The Morgan fingerprint density at radius 2 is 1.72 bits per heavy atom. The lowest BCUT2D eigenvalue weighted by molar-refractivity contribution is 0.113. The van der Waals surface area contributed by atoms with E-state index >= 15 is 0 Å². The molecule has 2 unspecified atom stereocenters. The van der Waals surface area contributed by atoms with Crippen LogP contribution in [0, 0.1) is 17.8 Å². The van der Waals surface area contributed by atoms with Crippen LogP contribution < -0.4 is 5.32 Å². The van der Waals surface area contributed by atoms with Crippen LogP contribution in [0.15, 0.2) is 0 Å². The van der Waals surface area contributed by atoms with Gasteiger partial charge in [-0.05, 0) is 50.0 Å². The third-order valence-corrected chi connectivity index (χ3v) is 4.79. The van der Waals surface area contributed by atoms with Crippen molar-refractivity contribution in [2.24, 2.45) is 17.8 Å². The van der Waals surface area contributed by atoms with Crippen molar-refractivity contribution in [3.05, 3.63) is 0 Å². The average Bonchev–Trinajstić information content (AvgIpc) is 2.34. The minimum Gasteiger partial charge on any atom is -0.313 e. The third-order valence-electron chi connectivity index (χ3n) is 4.79. The Kier molecular flexibility index (Phi) is 7.97. The number of hydrogen-bond donors (Lipinski definition) is 1. The average molecular weight is 253 g/mol. The predicted octanol–water partition coefficient (Wildman–Crippen LogP) is 5.01. The van der Waals surface area contributed by atoms with Gasteiger partial charge in [-0.15, -0.1) is 0 Å². The normalized spacial score (nSPS) is 26.7. The van der Waals surface area contributed by atoms with Gasteiger partial charge in [-0.25, -0.2) is 0 Å². The van der Waals surface area contributed by atoms with E-state index in [1.807, 2.05) is 0 Å². The van der Waals surface area contributed by atoms with E-state index in [1.165, 1.54) is 57.9 Å². The summed E-state index contributed by atoms with van der Waals surface area (Å²) in [5.41, 5.74) is 0. The van der Waals surface area contributed by atoms with Crippen molar-refractivity contribution < 1.29 is 0 Å². The van der Waals surface area contributed by atoms with E-state index in [0.29, 0.717) is 0 Å². The second-order valence-electron chi connectivity index (χ2n) is 6.48. The minimum atomic E-state index is 0.810. The van der Waals surface area contributed by atoms with Crippen LogP contribution in [0.1, 0.15) is 79.1 Å². The van der Waals surface area contributed by atoms with E-state index in [0.717, 1.165) is 23.8 Å². The zero-order valence-corrected chi connectivity index (χ0v) is 13.2. The quantitative estimate of drug-likeness (QED) is 0.540. The molecular weight excluding hydrogens is 218 g/mol. The summed E-state index contributed by atoms with van der Waals surface area (Å²) in [5.74, 6) is 2.87. The first-order valence-electron chi connectivity index (χ1n) is 8.46. The summed E-state index contributed by atoms with van der Waals surface area (Å²) < 4.78 is 0. The molecule has 1 N–H and O–H groups in total. The van der Waals surface area contributed by atoms with E-state index in [9.17, 15) is 0 Å². The van der Waals surface area contributed by atoms with Crippen LogP contribution in [0.5, 0.6) is 0 Å². The molecule has 0 bridgehead atoms. The maximum absolute atomic E-state index is 3.90. The van der Waals surface area contributed by atoms with Crippen molar-refractivity contribution in [2.75, 3.05) is 6.54 Å². The van der Waals surface area contributed by atoms with Gasteiger partial charge in [0.15, 0.2) is 0 Å². The fraction of sp³-hybridized carbons (Fsp3) is 1.00. The molecule has 2 atom stereocenters. The molecule has 1 aliphatic rings. The molecule has 1 rings (SSSR count). The molecule has 108 valence electrons. The SMILES string of the molecule is CCCCNC(C(CC)CCCC)C1CC(C)C1. The first-order chi connectivity index (χ1) is 8.72. The molecular formula is C17H35N. The van der Waals surface area contributed by atoms with Crippen molar-refractivity contribution in [1.29, 1.82) is 0 Å². The van der Waals surface area contributed by atoms with Crippen LogP contribution in [-0.2, 0) is 0 Å². The first-order valence-corrected chi connectivity index (χ1v) is 8.46. The number of rotatable bonds is 10. The third kappa shape index (κ3) is 4.91. The molecule has 0 aromatic heterocycles. The Hall–Kier alpha value is -0.0400. The molecule has 0 spiro atoms. The molecule has 0 heterocycles. The molecule has 18 heavy (non-hydrogen) atoms. The van der Waals surface area contributed by atoms with E-state index in [-0.39, 0.29) is 0 Å². The van der Waals surface area contributed by atoms with Gasteiger partial charge in [0.2, 0.25) is 0 Å². The Morgan fingerprint density at radius 1 is 1.06 bits per heavy atom. The van der Waals surface area contributed by atoms with Gasteiger partial charge in [0, 0.05) is 6.04 Å². The van der Waals surface area contributed by atoms with Gasteiger partial charge in [-0.3, -0.25) is 0 Å². The van der Waals surface area contributed by atoms with Gasteiger partial charge >= 0.3 is 0 Å². The maximum Gasteiger partial charge on any atom is 0.0124 e. The topological polar surface area (TPSA) is 12.0 Å². The Bertz CT molecular complexity index is 196. The number of unbranched alkanes of at least 4 members (excludes halogenated alkanes) is 2. The second kappa shape index (κ2) is 8.96. The van der Waals surface area contributed by atoms with Gasteiger partial charge in [0.05, 0.1) is 0 Å². The molecule has 0 aromatic rings. The highest BCUT2D eigenvalue weighted by atomic mass is 14.9. The fourth-order valence-corrected chi connectivity index (χ4v) is 3.53. The summed E-state index contributed by atoms with van der Waals surface area (Å²) in [5, 5.41) is 3.90. The molecule has 1 heteroatoms. The van der Waals surface area contributed by atoms with Gasteiger partial charge in [0.25, 0.3) is 0 Å². The Labute approximate surface area is 115 Å². The lowest BCUT2D eigenvalue weighted by Gasteiger charge is -2.43. The summed E-state index contributed by atoms with van der Waals surface area (Å²) in [6.07, 6.45) is 11.1. The summed E-state index contributed by atoms with van der Waals surface area (Å²) in [6.45, 7) is 10.6. The zero-order valence-electron chi connectivity index (χ0n) is 13.2. The molecule has 0 aliphatic heterocycles. The minimum absolute atomic E-state index is 0.810. The van der Waals surface area contributed by atoms with Crippen LogP contribution in [0.3, 0.4) is 0 Å². The molecule has 1 fully saturated rings. The van der Waals surface area contributed by atoms with Crippen LogP contribution in [0.2, 0.25) is 0 Å². The largest absolute Gasteiger partial charge is 0.313 e. The molecule has 1 saturated carbocycles. The first kappa shape index (κ1) is 16.0. The molecule has 0 saturated heterocycles. The highest BCUT2D eigenvalue weighted by Gasteiger charge is 2.35. The Balaban J connectivity index is 2.45. The van der Waals surface area contributed by atoms with Crippen molar-refractivity contribution in [3.8, 4) is 0 Å². The zero-order chi connectivity index (χ0) is 13.4. The van der Waals surface area contributed by atoms with Crippen LogP contribution in [0.4, 0.5) is 0 Å². The van der Waals surface area contributed by atoms with Crippen LogP contribution in [0.25, 0.3) is 0 Å². The summed E-state index contributed by atoms with van der Waals surface area (Å²) in [6, 6.07) is 0.810. The van der Waals surface area contributed by atoms with E-state index in [1.54, 1.807) is 0 Å². The number of nitrogens with one attached hydrogen (secondary N) is 1. The molecule has 0 aromatic carbocycles. The van der Waals surface area contributed by atoms with Crippen LogP contribution in [-0.4, -0.2) is 12.6 Å². The lowest BCUT2D eigenvalue weighted by Crippen LogP contribution is -2.47. The highest BCUT2D eigenvalue weighted by molar-refractivity contribution is 4.90. The van der Waals surface area contributed by atoms with Gasteiger partial charge in [0.1, 0.15) is 0 Å². The molecule has 0 radical (unpaired) electrons. The smallest absolute Gasteiger partial charge is 0.0124 e. The second-order valence-corrected chi connectivity index (χ2v) is 6.48. The predicted molar refractivity (Wildman–Crippen MR) is 81.9 cm³/mol. The molecule has 1 aliphatic carbocycles. The van der Waals surface area contributed by atoms with E-state index < -0.39 is 0 Å². The van der Waals surface area contributed by atoms with Gasteiger partial charge in [-0.1, -0.05) is 53.4 Å². The van der Waals surface area contributed by atoms with E-state index in [2.05, 4.69) is 33.0 Å². The molecule has 1 nitrogen and oxygen atoms in total. The van der Waals surface area contributed by atoms with Crippen molar-refractivity contribution in [1.82, 2.24) is 5.32 Å². The van der Waals surface area contributed by atoms with Crippen molar-refractivity contribution in [3.63, 3.8) is 0 Å². The van der Waals surface area contributed by atoms with E-state index in [4.69, 9.17) is 0 Å². The standard InChI is InChI=1S/C17H35N/c1-5-8-10-15(7-3)17(18-11-9-6-2)16-12-14(4)13-16/h14-18H,5-13H2,1-4H3. The monoisotopic (exact) mass is 253 g/mol. The van der Waals surface area contributed by atoms with Crippen molar-refractivity contribution >= 4 is 0 Å². The fourth-order valence-electron chi connectivity index (χ4n) is 3.53. The lowest BCUT2D eigenvalue weighted by atomic mass is 9.68. The van der Waals surface area contributed by atoms with Crippen LogP contribution >= 0.6 is 0 Å². The number of hydrogen-bond acceptors (Lipinski definition) is 1. The summed E-state index contributed by atoms with van der Waals surface area (Å²) in [4.78, 5) is 0. The Morgan fingerprint density at radius 3 is 2.22 bits per heavy atom. The summed E-state index contributed by atoms with van der Waals surface area (Å²) in [7, 11) is 0. The molecule has 0 amide bonds. The van der Waals surface area contributed by atoms with Gasteiger partial charge in [-0.2, -0.15) is 0 Å². The summed E-state index contributed by atoms with van der Waals surface area (Å²) >= 11 is 0. The maximum atomic E-state index is 3.90. The van der Waals surface area contributed by atoms with Crippen molar-refractivity contribution in [2.45, 2.75) is 85.1 Å².